The van der Waals surface area contributed by atoms with Gasteiger partial charge in [-0.25, -0.2) is 0 Å². The summed E-state index contributed by atoms with van der Waals surface area (Å²) in [5.41, 5.74) is 5.69. The summed E-state index contributed by atoms with van der Waals surface area (Å²) in [6, 6.07) is 12.2. The van der Waals surface area contributed by atoms with Crippen LogP contribution < -0.4 is 10.1 Å². The van der Waals surface area contributed by atoms with E-state index in [0.717, 1.165) is 22.4 Å². The fraction of sp³-hybridized carbons (Fsp3) is 0.350. The van der Waals surface area contributed by atoms with Gasteiger partial charge in [-0.3, -0.25) is 4.79 Å². The normalized spacial score (nSPS) is 11.9. The molecule has 1 N–H and O–H groups in total. The predicted molar refractivity (Wildman–Crippen MR) is 93.9 cm³/mol. The van der Waals surface area contributed by atoms with Crippen molar-refractivity contribution in [3.63, 3.8) is 0 Å². The number of hydrogen-bond acceptors (Lipinski definition) is 2. The van der Waals surface area contributed by atoms with E-state index >= 15 is 0 Å². The SMILES string of the molecule is Cc1ccc([C@@H](C)NC(=O)COc2cc(C)cc(C)c2C)cc1. The average molecular weight is 311 g/mol. The first kappa shape index (κ1) is 17.1. The lowest BCUT2D eigenvalue weighted by Crippen LogP contribution is -2.31. The number of hydrogen-bond donors (Lipinski definition) is 1. The van der Waals surface area contributed by atoms with Gasteiger partial charge in [-0.15, -0.1) is 0 Å². The van der Waals surface area contributed by atoms with Gasteiger partial charge >= 0.3 is 0 Å². The maximum Gasteiger partial charge on any atom is 0.258 e. The molecule has 0 unspecified atom stereocenters. The highest BCUT2D eigenvalue weighted by atomic mass is 16.5. The van der Waals surface area contributed by atoms with E-state index < -0.39 is 0 Å². The van der Waals surface area contributed by atoms with Gasteiger partial charge in [0, 0.05) is 0 Å². The molecule has 0 saturated carbocycles. The maximum absolute atomic E-state index is 12.1. The minimum Gasteiger partial charge on any atom is -0.483 e. The highest BCUT2D eigenvalue weighted by molar-refractivity contribution is 5.78. The summed E-state index contributed by atoms with van der Waals surface area (Å²) < 4.78 is 5.70. The number of rotatable bonds is 5. The Kier molecular flexibility index (Phi) is 5.43. The predicted octanol–water partition coefficient (Wildman–Crippen LogP) is 4.18. The van der Waals surface area contributed by atoms with Crippen LogP contribution in [0.5, 0.6) is 5.75 Å². The Hall–Kier alpha value is -2.29. The molecule has 0 aromatic heterocycles. The van der Waals surface area contributed by atoms with Gasteiger partial charge in [0.15, 0.2) is 6.61 Å². The smallest absolute Gasteiger partial charge is 0.258 e. The van der Waals surface area contributed by atoms with Crippen molar-refractivity contribution in [2.45, 2.75) is 40.7 Å². The standard InChI is InChI=1S/C20H25NO2/c1-13-6-8-18(9-7-13)17(5)21-20(22)12-23-19-11-14(2)10-15(3)16(19)4/h6-11,17H,12H2,1-5H3,(H,21,22)/t17-/m1/s1. The summed E-state index contributed by atoms with van der Waals surface area (Å²) in [5, 5.41) is 2.97. The molecule has 0 bridgehead atoms. The van der Waals surface area contributed by atoms with Gasteiger partial charge in [0.2, 0.25) is 0 Å². The molecule has 0 spiro atoms. The largest absolute Gasteiger partial charge is 0.483 e. The highest BCUT2D eigenvalue weighted by Gasteiger charge is 2.11. The van der Waals surface area contributed by atoms with Gasteiger partial charge in [-0.2, -0.15) is 0 Å². The zero-order chi connectivity index (χ0) is 17.0. The quantitative estimate of drug-likeness (QED) is 0.899. The van der Waals surface area contributed by atoms with Gasteiger partial charge in [-0.05, 0) is 62.9 Å². The third kappa shape index (κ3) is 4.59. The number of ether oxygens (including phenoxy) is 1. The maximum atomic E-state index is 12.1. The first-order chi connectivity index (χ1) is 10.9. The van der Waals surface area contributed by atoms with E-state index in [4.69, 9.17) is 4.74 Å². The molecular weight excluding hydrogens is 286 g/mol. The minimum absolute atomic E-state index is 0.0277. The number of aryl methyl sites for hydroxylation is 3. The molecular formula is C20H25NO2. The Morgan fingerprint density at radius 1 is 1.04 bits per heavy atom. The number of carbonyl (C=O) groups excluding carboxylic acids is 1. The van der Waals surface area contributed by atoms with Gasteiger partial charge < -0.3 is 10.1 Å². The van der Waals surface area contributed by atoms with Crippen LogP contribution in [0.1, 0.15) is 40.8 Å². The molecule has 23 heavy (non-hydrogen) atoms. The van der Waals surface area contributed by atoms with Crippen LogP contribution in [-0.2, 0) is 4.79 Å². The van der Waals surface area contributed by atoms with Crippen molar-refractivity contribution in [2.75, 3.05) is 6.61 Å². The minimum atomic E-state index is -0.114. The van der Waals surface area contributed by atoms with Crippen molar-refractivity contribution in [3.8, 4) is 5.75 Å². The molecule has 0 saturated heterocycles. The molecule has 2 aromatic carbocycles. The van der Waals surface area contributed by atoms with Crippen molar-refractivity contribution in [3.05, 3.63) is 64.2 Å². The van der Waals surface area contributed by atoms with E-state index in [-0.39, 0.29) is 18.6 Å². The Morgan fingerprint density at radius 3 is 2.35 bits per heavy atom. The summed E-state index contributed by atoms with van der Waals surface area (Å²) in [7, 11) is 0. The van der Waals surface area contributed by atoms with Crippen LogP contribution in [-0.4, -0.2) is 12.5 Å². The summed E-state index contributed by atoms with van der Waals surface area (Å²) in [5.74, 6) is 0.664. The average Bonchev–Trinajstić information content (AvgIpc) is 2.50. The third-order valence-corrected chi connectivity index (χ3v) is 4.08. The molecule has 1 amide bonds. The van der Waals surface area contributed by atoms with Crippen molar-refractivity contribution in [1.29, 1.82) is 0 Å². The summed E-state index contributed by atoms with van der Waals surface area (Å²) in [4.78, 5) is 12.1. The second-order valence-corrected chi connectivity index (χ2v) is 6.19. The van der Waals surface area contributed by atoms with E-state index in [1.165, 1.54) is 11.1 Å². The fourth-order valence-corrected chi connectivity index (χ4v) is 2.52. The second kappa shape index (κ2) is 7.32. The summed E-state index contributed by atoms with van der Waals surface area (Å²) >= 11 is 0. The lowest BCUT2D eigenvalue weighted by molar-refractivity contribution is -0.123. The van der Waals surface area contributed by atoms with Crippen LogP contribution in [0.4, 0.5) is 0 Å². The van der Waals surface area contributed by atoms with Gasteiger partial charge in [0.25, 0.3) is 5.91 Å². The van der Waals surface area contributed by atoms with Crippen molar-refractivity contribution in [1.82, 2.24) is 5.32 Å². The van der Waals surface area contributed by atoms with Crippen LogP contribution in [0, 0.1) is 27.7 Å². The highest BCUT2D eigenvalue weighted by Crippen LogP contribution is 2.23. The van der Waals surface area contributed by atoms with Crippen LogP contribution >= 0.6 is 0 Å². The van der Waals surface area contributed by atoms with E-state index in [1.807, 2.05) is 58.0 Å². The Bertz CT molecular complexity index is 690. The molecule has 122 valence electrons. The van der Waals surface area contributed by atoms with Crippen molar-refractivity contribution < 1.29 is 9.53 Å². The summed E-state index contributed by atoms with van der Waals surface area (Å²) in [6.45, 7) is 10.1. The molecule has 2 aromatic rings. The first-order valence-corrected chi connectivity index (χ1v) is 7.93. The van der Waals surface area contributed by atoms with Gasteiger partial charge in [0.1, 0.15) is 5.75 Å². The Balaban J connectivity index is 1.94. The van der Waals surface area contributed by atoms with E-state index in [2.05, 4.69) is 18.3 Å². The van der Waals surface area contributed by atoms with E-state index in [1.54, 1.807) is 0 Å². The third-order valence-electron chi connectivity index (χ3n) is 4.08. The number of nitrogens with one attached hydrogen (secondary N) is 1. The molecule has 0 radical (unpaired) electrons. The Morgan fingerprint density at radius 2 is 1.70 bits per heavy atom. The molecule has 0 heterocycles. The van der Waals surface area contributed by atoms with Crippen LogP contribution in [0.15, 0.2) is 36.4 Å². The van der Waals surface area contributed by atoms with Gasteiger partial charge in [-0.1, -0.05) is 35.9 Å². The number of amides is 1. The lowest BCUT2D eigenvalue weighted by atomic mass is 10.1. The monoisotopic (exact) mass is 311 g/mol. The van der Waals surface area contributed by atoms with Crippen LogP contribution in [0.3, 0.4) is 0 Å². The molecule has 0 fully saturated rings. The fourth-order valence-electron chi connectivity index (χ4n) is 2.52. The molecule has 2 rings (SSSR count). The van der Waals surface area contributed by atoms with Crippen LogP contribution in [0.2, 0.25) is 0 Å². The molecule has 0 aliphatic rings. The topological polar surface area (TPSA) is 38.3 Å². The van der Waals surface area contributed by atoms with Crippen LogP contribution in [0.25, 0.3) is 0 Å². The van der Waals surface area contributed by atoms with Crippen molar-refractivity contribution >= 4 is 5.91 Å². The molecule has 3 heteroatoms. The van der Waals surface area contributed by atoms with E-state index in [9.17, 15) is 4.79 Å². The van der Waals surface area contributed by atoms with Gasteiger partial charge in [0.05, 0.1) is 6.04 Å². The zero-order valence-electron chi connectivity index (χ0n) is 14.6. The van der Waals surface area contributed by atoms with Crippen molar-refractivity contribution in [2.24, 2.45) is 0 Å². The molecule has 3 nitrogen and oxygen atoms in total. The number of benzene rings is 2. The molecule has 0 aliphatic carbocycles. The van der Waals surface area contributed by atoms with E-state index in [0.29, 0.717) is 0 Å². The summed E-state index contributed by atoms with van der Waals surface area (Å²) in [6.07, 6.45) is 0. The lowest BCUT2D eigenvalue weighted by Gasteiger charge is -2.16. The second-order valence-electron chi connectivity index (χ2n) is 6.19. The first-order valence-electron chi connectivity index (χ1n) is 7.93. The zero-order valence-corrected chi connectivity index (χ0v) is 14.6. The molecule has 1 atom stereocenters. The Labute approximate surface area is 138 Å². The number of carbonyl (C=O) groups is 1. The molecule has 0 aliphatic heterocycles.